The molecule has 0 aliphatic heterocycles. The molecular formula is C15H15NO2. The molecule has 2 aromatic rings. The van der Waals surface area contributed by atoms with Gasteiger partial charge in [0.05, 0.1) is 0 Å². The minimum Gasteiger partial charge on any atom is -0.508 e. The van der Waals surface area contributed by atoms with Crippen LogP contribution in [-0.4, -0.2) is 11.0 Å². The first-order valence-electron chi connectivity index (χ1n) is 5.73. The Morgan fingerprint density at radius 3 is 2.11 bits per heavy atom. The van der Waals surface area contributed by atoms with Gasteiger partial charge in [0, 0.05) is 11.3 Å². The summed E-state index contributed by atoms with van der Waals surface area (Å²) in [6.45, 7) is 3.98. The number of phenolic OH excluding ortho intramolecular Hbond substituents is 1. The van der Waals surface area contributed by atoms with Crippen LogP contribution in [0.5, 0.6) is 5.75 Å². The lowest BCUT2D eigenvalue weighted by Crippen LogP contribution is -2.11. The van der Waals surface area contributed by atoms with E-state index in [0.717, 1.165) is 16.8 Å². The lowest BCUT2D eigenvalue weighted by Gasteiger charge is -2.07. The zero-order valence-electron chi connectivity index (χ0n) is 10.4. The number of anilines is 1. The molecule has 0 fully saturated rings. The summed E-state index contributed by atoms with van der Waals surface area (Å²) < 4.78 is 0. The van der Waals surface area contributed by atoms with Crippen LogP contribution in [0.15, 0.2) is 42.5 Å². The fourth-order valence-electron chi connectivity index (χ4n) is 1.86. The molecule has 0 saturated carbocycles. The van der Waals surface area contributed by atoms with Gasteiger partial charge in [-0.05, 0) is 61.4 Å². The molecule has 0 bridgehead atoms. The molecule has 92 valence electrons. The fourth-order valence-corrected chi connectivity index (χ4v) is 1.86. The third kappa shape index (κ3) is 2.88. The number of phenols is 1. The quantitative estimate of drug-likeness (QED) is 0.847. The molecule has 2 N–H and O–H groups in total. The Labute approximate surface area is 106 Å². The van der Waals surface area contributed by atoms with Crippen LogP contribution in [-0.2, 0) is 0 Å². The van der Waals surface area contributed by atoms with Gasteiger partial charge in [0.1, 0.15) is 5.75 Å². The highest BCUT2D eigenvalue weighted by molar-refractivity contribution is 6.04. The second kappa shape index (κ2) is 4.92. The van der Waals surface area contributed by atoms with Gasteiger partial charge in [0.25, 0.3) is 5.91 Å². The summed E-state index contributed by atoms with van der Waals surface area (Å²) in [6.07, 6.45) is 0. The first-order valence-corrected chi connectivity index (χ1v) is 5.73. The van der Waals surface area contributed by atoms with E-state index in [1.165, 1.54) is 12.1 Å². The number of amides is 1. The van der Waals surface area contributed by atoms with Gasteiger partial charge in [0.15, 0.2) is 0 Å². The van der Waals surface area contributed by atoms with Gasteiger partial charge < -0.3 is 10.4 Å². The van der Waals surface area contributed by atoms with Crippen LogP contribution in [0.25, 0.3) is 0 Å². The number of carbonyl (C=O) groups excluding carboxylic acids is 1. The molecule has 0 saturated heterocycles. The van der Waals surface area contributed by atoms with Crippen LogP contribution in [0, 0.1) is 13.8 Å². The molecule has 0 unspecified atom stereocenters. The van der Waals surface area contributed by atoms with E-state index in [2.05, 4.69) is 11.4 Å². The second-order valence-electron chi connectivity index (χ2n) is 4.38. The van der Waals surface area contributed by atoms with Gasteiger partial charge >= 0.3 is 0 Å². The van der Waals surface area contributed by atoms with Crippen LogP contribution in [0.1, 0.15) is 21.5 Å². The molecule has 0 aliphatic rings. The third-order valence-electron chi connectivity index (χ3n) is 2.61. The molecule has 0 aliphatic carbocycles. The van der Waals surface area contributed by atoms with Gasteiger partial charge in [-0.1, -0.05) is 6.07 Å². The van der Waals surface area contributed by atoms with E-state index in [1.807, 2.05) is 26.0 Å². The summed E-state index contributed by atoms with van der Waals surface area (Å²) in [5, 5.41) is 12.0. The minimum atomic E-state index is -0.181. The van der Waals surface area contributed by atoms with Crippen molar-refractivity contribution in [3.05, 3.63) is 59.2 Å². The van der Waals surface area contributed by atoms with E-state index >= 15 is 0 Å². The zero-order chi connectivity index (χ0) is 13.1. The molecule has 0 aromatic heterocycles. The van der Waals surface area contributed by atoms with Crippen LogP contribution < -0.4 is 5.32 Å². The van der Waals surface area contributed by atoms with E-state index in [9.17, 15) is 4.79 Å². The summed E-state index contributed by atoms with van der Waals surface area (Å²) >= 11 is 0. The van der Waals surface area contributed by atoms with E-state index < -0.39 is 0 Å². The predicted octanol–water partition coefficient (Wildman–Crippen LogP) is 3.26. The zero-order valence-corrected chi connectivity index (χ0v) is 10.4. The summed E-state index contributed by atoms with van der Waals surface area (Å²) in [5.74, 6) is -0.0297. The van der Waals surface area contributed by atoms with Crippen molar-refractivity contribution in [1.82, 2.24) is 0 Å². The normalized spacial score (nSPS) is 10.1. The Morgan fingerprint density at radius 1 is 1.00 bits per heavy atom. The number of aryl methyl sites for hydroxylation is 2. The lowest BCUT2D eigenvalue weighted by molar-refractivity contribution is 0.102. The minimum absolute atomic E-state index is 0.151. The number of hydrogen-bond acceptors (Lipinski definition) is 2. The highest BCUT2D eigenvalue weighted by atomic mass is 16.3. The topological polar surface area (TPSA) is 49.3 Å². The number of aromatic hydroxyl groups is 1. The molecule has 3 heteroatoms. The number of hydrogen-bond donors (Lipinski definition) is 2. The standard InChI is InChI=1S/C15H15NO2/c1-10-7-11(2)9-13(8-10)16-15(18)12-3-5-14(17)6-4-12/h3-9,17H,1-2H3,(H,16,18). The summed E-state index contributed by atoms with van der Waals surface area (Å²) in [7, 11) is 0. The van der Waals surface area contributed by atoms with Crippen molar-refractivity contribution >= 4 is 11.6 Å². The number of nitrogens with one attached hydrogen (secondary N) is 1. The number of carbonyl (C=O) groups is 1. The van der Waals surface area contributed by atoms with Crippen molar-refractivity contribution in [2.45, 2.75) is 13.8 Å². The summed E-state index contributed by atoms with van der Waals surface area (Å²) in [4.78, 5) is 12.0. The maximum Gasteiger partial charge on any atom is 0.255 e. The molecule has 1 amide bonds. The molecule has 2 aromatic carbocycles. The van der Waals surface area contributed by atoms with Crippen LogP contribution >= 0.6 is 0 Å². The number of benzene rings is 2. The Morgan fingerprint density at radius 2 is 1.56 bits per heavy atom. The Bertz CT molecular complexity index is 553. The first kappa shape index (κ1) is 12.2. The van der Waals surface area contributed by atoms with E-state index in [0.29, 0.717) is 5.56 Å². The van der Waals surface area contributed by atoms with Crippen LogP contribution in [0.3, 0.4) is 0 Å². The van der Waals surface area contributed by atoms with Crippen molar-refractivity contribution in [2.24, 2.45) is 0 Å². The maximum atomic E-state index is 12.0. The third-order valence-corrected chi connectivity index (χ3v) is 2.61. The molecular weight excluding hydrogens is 226 g/mol. The van der Waals surface area contributed by atoms with Gasteiger partial charge in [-0.15, -0.1) is 0 Å². The highest BCUT2D eigenvalue weighted by Gasteiger charge is 2.06. The lowest BCUT2D eigenvalue weighted by atomic mass is 10.1. The molecule has 2 rings (SSSR count). The van der Waals surface area contributed by atoms with E-state index in [-0.39, 0.29) is 11.7 Å². The smallest absolute Gasteiger partial charge is 0.255 e. The van der Waals surface area contributed by atoms with Crippen molar-refractivity contribution in [1.29, 1.82) is 0 Å². The Kier molecular flexibility index (Phi) is 3.33. The fraction of sp³-hybridized carbons (Fsp3) is 0.133. The predicted molar refractivity (Wildman–Crippen MR) is 72.0 cm³/mol. The molecule has 0 radical (unpaired) electrons. The van der Waals surface area contributed by atoms with Gasteiger partial charge in [-0.3, -0.25) is 4.79 Å². The maximum absolute atomic E-state index is 12.0. The van der Waals surface area contributed by atoms with E-state index in [1.54, 1.807) is 12.1 Å². The van der Waals surface area contributed by atoms with Crippen molar-refractivity contribution in [3.63, 3.8) is 0 Å². The second-order valence-corrected chi connectivity index (χ2v) is 4.38. The van der Waals surface area contributed by atoms with Gasteiger partial charge in [0.2, 0.25) is 0 Å². The van der Waals surface area contributed by atoms with Crippen LogP contribution in [0.4, 0.5) is 5.69 Å². The molecule has 18 heavy (non-hydrogen) atoms. The molecule has 0 spiro atoms. The Hall–Kier alpha value is -2.29. The van der Waals surface area contributed by atoms with Gasteiger partial charge in [-0.2, -0.15) is 0 Å². The van der Waals surface area contributed by atoms with Crippen LogP contribution in [0.2, 0.25) is 0 Å². The van der Waals surface area contributed by atoms with Crippen molar-refractivity contribution in [2.75, 3.05) is 5.32 Å². The average molecular weight is 241 g/mol. The Balaban J connectivity index is 2.18. The molecule has 3 nitrogen and oxygen atoms in total. The average Bonchev–Trinajstić information content (AvgIpc) is 2.28. The van der Waals surface area contributed by atoms with Crippen molar-refractivity contribution in [3.8, 4) is 5.75 Å². The highest BCUT2D eigenvalue weighted by Crippen LogP contribution is 2.16. The van der Waals surface area contributed by atoms with Gasteiger partial charge in [-0.25, -0.2) is 0 Å². The first-order chi connectivity index (χ1) is 8.54. The molecule has 0 atom stereocenters. The SMILES string of the molecule is Cc1cc(C)cc(NC(=O)c2ccc(O)cc2)c1. The summed E-state index contributed by atoms with van der Waals surface area (Å²) in [5.41, 5.74) is 3.52. The number of rotatable bonds is 2. The van der Waals surface area contributed by atoms with Crippen molar-refractivity contribution < 1.29 is 9.90 Å². The monoisotopic (exact) mass is 241 g/mol. The molecule has 0 heterocycles. The summed E-state index contributed by atoms with van der Waals surface area (Å²) in [6, 6.07) is 12.1. The largest absolute Gasteiger partial charge is 0.508 e. The van der Waals surface area contributed by atoms with E-state index in [4.69, 9.17) is 5.11 Å².